The lowest BCUT2D eigenvalue weighted by Crippen LogP contribution is -2.33. The van der Waals surface area contributed by atoms with Crippen molar-refractivity contribution in [3.63, 3.8) is 0 Å². The lowest BCUT2D eigenvalue weighted by molar-refractivity contribution is -0.126. The zero-order valence-corrected chi connectivity index (χ0v) is 16.8. The van der Waals surface area contributed by atoms with Crippen molar-refractivity contribution >= 4 is 17.5 Å². The average Bonchev–Trinajstić information content (AvgIpc) is 3.13. The zero-order valence-electron chi connectivity index (χ0n) is 16.8. The van der Waals surface area contributed by atoms with Gasteiger partial charge in [0.25, 0.3) is 0 Å². The molecule has 1 fully saturated rings. The maximum absolute atomic E-state index is 12.6. The monoisotopic (exact) mass is 380 g/mol. The van der Waals surface area contributed by atoms with Crippen molar-refractivity contribution < 1.29 is 14.3 Å². The largest absolute Gasteiger partial charge is 0.497 e. The van der Waals surface area contributed by atoms with Gasteiger partial charge in [-0.3, -0.25) is 9.59 Å². The van der Waals surface area contributed by atoms with Gasteiger partial charge >= 0.3 is 0 Å². The predicted octanol–water partition coefficient (Wildman–Crippen LogP) is 3.88. The summed E-state index contributed by atoms with van der Waals surface area (Å²) in [6.45, 7) is 5.15. The van der Waals surface area contributed by atoms with Gasteiger partial charge in [0.1, 0.15) is 5.75 Å². The minimum Gasteiger partial charge on any atom is -0.497 e. The van der Waals surface area contributed by atoms with E-state index in [4.69, 9.17) is 4.74 Å². The molecule has 5 nitrogen and oxygen atoms in total. The van der Waals surface area contributed by atoms with Gasteiger partial charge in [-0.2, -0.15) is 0 Å². The third kappa shape index (κ3) is 4.35. The Labute approximate surface area is 166 Å². The van der Waals surface area contributed by atoms with Crippen LogP contribution in [0.3, 0.4) is 0 Å². The van der Waals surface area contributed by atoms with Crippen LogP contribution in [0.5, 0.6) is 5.75 Å². The molecule has 148 valence electrons. The Morgan fingerprint density at radius 2 is 2.04 bits per heavy atom. The Bertz CT molecular complexity index is 849. The summed E-state index contributed by atoms with van der Waals surface area (Å²) < 4.78 is 5.21. The number of benzene rings is 2. The van der Waals surface area contributed by atoms with Crippen molar-refractivity contribution in [2.24, 2.45) is 5.92 Å². The van der Waals surface area contributed by atoms with Crippen molar-refractivity contribution in [1.29, 1.82) is 0 Å². The average molecular weight is 380 g/mol. The van der Waals surface area contributed by atoms with Crippen LogP contribution in [0.4, 0.5) is 5.69 Å². The molecule has 1 saturated heterocycles. The highest BCUT2D eigenvalue weighted by Crippen LogP contribution is 2.33. The van der Waals surface area contributed by atoms with E-state index >= 15 is 0 Å². The Kier molecular flexibility index (Phi) is 6.34. The van der Waals surface area contributed by atoms with E-state index in [0.29, 0.717) is 19.0 Å². The van der Waals surface area contributed by atoms with E-state index in [-0.39, 0.29) is 24.2 Å². The second-order valence-corrected chi connectivity index (χ2v) is 7.34. The van der Waals surface area contributed by atoms with E-state index < -0.39 is 0 Å². The zero-order chi connectivity index (χ0) is 20.1. The third-order valence-corrected chi connectivity index (χ3v) is 5.47. The van der Waals surface area contributed by atoms with Crippen LogP contribution in [0.2, 0.25) is 0 Å². The molecule has 0 saturated carbocycles. The molecule has 0 aliphatic carbocycles. The number of amides is 2. The highest BCUT2D eigenvalue weighted by molar-refractivity contribution is 6.00. The van der Waals surface area contributed by atoms with Gasteiger partial charge in [-0.15, -0.1) is 0 Å². The molecule has 3 rings (SSSR count). The summed E-state index contributed by atoms with van der Waals surface area (Å²) in [7, 11) is 1.62. The molecule has 2 aromatic carbocycles. The Hall–Kier alpha value is -2.82. The summed E-state index contributed by atoms with van der Waals surface area (Å²) in [5, 5.41) is 2.96. The fraction of sp³-hybridized carbons (Fsp3) is 0.391. The summed E-state index contributed by atoms with van der Waals surface area (Å²) in [5.41, 5.74) is 3.07. The van der Waals surface area contributed by atoms with Crippen molar-refractivity contribution in [3.8, 4) is 5.75 Å². The molecule has 1 N–H and O–H groups in total. The van der Waals surface area contributed by atoms with Crippen molar-refractivity contribution in [3.05, 3.63) is 59.7 Å². The molecule has 2 unspecified atom stereocenters. The van der Waals surface area contributed by atoms with Crippen LogP contribution < -0.4 is 15.0 Å². The number of ether oxygens (including phenoxy) is 1. The van der Waals surface area contributed by atoms with E-state index in [1.54, 1.807) is 12.0 Å². The van der Waals surface area contributed by atoms with E-state index in [1.165, 1.54) is 0 Å². The van der Waals surface area contributed by atoms with Gasteiger partial charge in [-0.1, -0.05) is 44.2 Å². The lowest BCUT2D eigenvalue weighted by Gasteiger charge is -2.23. The molecule has 0 bridgehead atoms. The maximum atomic E-state index is 12.6. The fourth-order valence-electron chi connectivity index (χ4n) is 3.60. The van der Waals surface area contributed by atoms with Crippen LogP contribution in [0.1, 0.15) is 43.7 Å². The standard InChI is InChI=1S/C23H28N2O3/c1-4-16(2)20-10-5-6-11-21(20)25-15-18(13-22(25)26)23(27)24-14-17-8-7-9-19(12-17)28-3/h5-12,16,18H,4,13-15H2,1-3H3,(H,24,27). The minimum atomic E-state index is -0.330. The van der Waals surface area contributed by atoms with Crippen molar-refractivity contribution in [1.82, 2.24) is 5.32 Å². The Morgan fingerprint density at radius 1 is 1.25 bits per heavy atom. The molecule has 1 aliphatic heterocycles. The van der Waals surface area contributed by atoms with E-state index in [0.717, 1.165) is 29.0 Å². The van der Waals surface area contributed by atoms with Crippen LogP contribution in [-0.4, -0.2) is 25.5 Å². The van der Waals surface area contributed by atoms with Gasteiger partial charge in [-0.25, -0.2) is 0 Å². The molecule has 28 heavy (non-hydrogen) atoms. The highest BCUT2D eigenvalue weighted by Gasteiger charge is 2.36. The molecular weight excluding hydrogens is 352 g/mol. The second kappa shape index (κ2) is 8.91. The SMILES string of the molecule is CCC(C)c1ccccc1N1CC(C(=O)NCc2cccc(OC)c2)CC1=O. The summed E-state index contributed by atoms with van der Waals surface area (Å²) in [4.78, 5) is 27.1. The van der Waals surface area contributed by atoms with Crippen LogP contribution in [0, 0.1) is 5.92 Å². The molecule has 0 radical (unpaired) electrons. The number of anilines is 1. The fourth-order valence-corrected chi connectivity index (χ4v) is 3.60. The quantitative estimate of drug-likeness (QED) is 0.793. The predicted molar refractivity (Wildman–Crippen MR) is 110 cm³/mol. The normalized spacial score (nSPS) is 17.5. The topological polar surface area (TPSA) is 58.6 Å². The molecule has 0 spiro atoms. The van der Waals surface area contributed by atoms with Gasteiger partial charge in [-0.05, 0) is 41.7 Å². The number of carbonyl (C=O) groups excluding carboxylic acids is 2. The second-order valence-electron chi connectivity index (χ2n) is 7.34. The summed E-state index contributed by atoms with van der Waals surface area (Å²) in [5.74, 6) is 0.723. The maximum Gasteiger partial charge on any atom is 0.227 e. The van der Waals surface area contributed by atoms with Crippen LogP contribution in [0.25, 0.3) is 0 Å². The molecule has 2 atom stereocenters. The van der Waals surface area contributed by atoms with Gasteiger partial charge in [0.15, 0.2) is 0 Å². The molecule has 1 heterocycles. The summed E-state index contributed by atoms with van der Waals surface area (Å²) in [6.07, 6.45) is 1.25. The number of hydrogen-bond donors (Lipinski definition) is 1. The first-order valence-electron chi connectivity index (χ1n) is 9.83. The number of nitrogens with zero attached hydrogens (tertiary/aromatic N) is 1. The van der Waals surface area contributed by atoms with Crippen LogP contribution >= 0.6 is 0 Å². The molecule has 2 amide bonds. The Morgan fingerprint density at radius 3 is 2.79 bits per heavy atom. The number of nitrogens with one attached hydrogen (secondary N) is 1. The van der Waals surface area contributed by atoms with Crippen LogP contribution in [0.15, 0.2) is 48.5 Å². The summed E-state index contributed by atoms with van der Waals surface area (Å²) >= 11 is 0. The van der Waals surface area contributed by atoms with Crippen molar-refractivity contribution in [2.45, 2.75) is 39.2 Å². The minimum absolute atomic E-state index is 0.0114. The molecule has 5 heteroatoms. The third-order valence-electron chi connectivity index (χ3n) is 5.47. The number of para-hydroxylation sites is 1. The molecule has 1 aliphatic rings. The first-order chi connectivity index (χ1) is 13.5. The Balaban J connectivity index is 1.66. The molecule has 2 aromatic rings. The number of hydrogen-bond acceptors (Lipinski definition) is 3. The summed E-state index contributed by atoms with van der Waals surface area (Å²) in [6, 6.07) is 15.6. The van der Waals surface area contributed by atoms with Gasteiger partial charge in [0, 0.05) is 25.2 Å². The van der Waals surface area contributed by atoms with Crippen LogP contribution in [-0.2, 0) is 16.1 Å². The lowest BCUT2D eigenvalue weighted by atomic mass is 9.96. The highest BCUT2D eigenvalue weighted by atomic mass is 16.5. The first-order valence-corrected chi connectivity index (χ1v) is 9.83. The van der Waals surface area contributed by atoms with Gasteiger partial charge < -0.3 is 15.0 Å². The molecular formula is C23H28N2O3. The number of rotatable bonds is 7. The van der Waals surface area contributed by atoms with E-state index in [9.17, 15) is 9.59 Å². The number of methoxy groups -OCH3 is 1. The first kappa shape index (κ1) is 19.9. The van der Waals surface area contributed by atoms with Gasteiger partial charge in [0.2, 0.25) is 11.8 Å². The smallest absolute Gasteiger partial charge is 0.227 e. The number of carbonyl (C=O) groups is 2. The van der Waals surface area contributed by atoms with Crippen molar-refractivity contribution in [2.75, 3.05) is 18.6 Å². The van der Waals surface area contributed by atoms with E-state index in [2.05, 4.69) is 25.2 Å². The molecule has 0 aromatic heterocycles. The van der Waals surface area contributed by atoms with E-state index in [1.807, 2.05) is 42.5 Å². The van der Waals surface area contributed by atoms with Gasteiger partial charge in [0.05, 0.1) is 13.0 Å².